The Morgan fingerprint density at radius 1 is 0.825 bits per heavy atom. The largest absolute Gasteiger partial charge is 0.445 e. The fourth-order valence-corrected chi connectivity index (χ4v) is 5.88. The molecule has 40 heavy (non-hydrogen) atoms. The number of carbonyl (C=O) groups excluding carboxylic acids is 3. The minimum Gasteiger partial charge on any atom is -0.445 e. The van der Waals surface area contributed by atoms with Crippen LogP contribution >= 0.6 is 0 Å². The first-order chi connectivity index (χ1) is 19.6. The summed E-state index contributed by atoms with van der Waals surface area (Å²) in [6.07, 6.45) is 9.85. The monoisotopic (exact) mass is 547 g/mol. The summed E-state index contributed by atoms with van der Waals surface area (Å²) in [5, 5.41) is 5.92. The van der Waals surface area contributed by atoms with Gasteiger partial charge in [-0.25, -0.2) is 4.79 Å². The molecular weight excluding hydrogens is 502 g/mol. The molecule has 0 bridgehead atoms. The summed E-state index contributed by atoms with van der Waals surface area (Å²) in [6.45, 7) is 2.15. The summed E-state index contributed by atoms with van der Waals surface area (Å²) in [5.74, 6) is 0.824. The Balaban J connectivity index is 1.25. The molecule has 2 aliphatic rings. The number of unbranched alkanes of at least 4 members (excludes halogenated alkanes) is 1. The van der Waals surface area contributed by atoms with E-state index in [0.29, 0.717) is 32.0 Å². The van der Waals surface area contributed by atoms with E-state index in [4.69, 9.17) is 4.74 Å². The van der Waals surface area contributed by atoms with Crippen molar-refractivity contribution < 1.29 is 19.1 Å². The van der Waals surface area contributed by atoms with Crippen LogP contribution in [0.3, 0.4) is 0 Å². The third kappa shape index (κ3) is 9.68. The molecular formula is C33H45N3O4. The van der Waals surface area contributed by atoms with E-state index in [1.165, 1.54) is 12.0 Å². The molecule has 2 fully saturated rings. The summed E-state index contributed by atoms with van der Waals surface area (Å²) in [4.78, 5) is 40.5. The lowest BCUT2D eigenvalue weighted by molar-refractivity contribution is -0.135. The molecule has 1 saturated heterocycles. The molecule has 2 aromatic rings. The molecule has 216 valence electrons. The van der Waals surface area contributed by atoms with E-state index in [2.05, 4.69) is 34.9 Å². The van der Waals surface area contributed by atoms with Gasteiger partial charge in [0.25, 0.3) is 0 Å². The molecule has 0 spiro atoms. The standard InChI is InChI=1S/C33H45N3O4/c37-31(29-16-8-3-9-17-29)34-21-11-10-18-30(35-33(39)40-25-28-14-6-2-7-15-28)32(38)36-22-19-27(20-23-36)24-26-12-4-1-5-13-26/h1-2,4-7,12-15,27,29-30H,3,8-11,16-25H2,(H,34,37)(H,35,39). The van der Waals surface area contributed by atoms with E-state index in [0.717, 1.165) is 63.4 Å². The van der Waals surface area contributed by atoms with Gasteiger partial charge in [-0.1, -0.05) is 79.9 Å². The molecule has 3 amide bonds. The number of benzene rings is 2. The number of likely N-dealkylation sites (tertiary alicyclic amines) is 1. The van der Waals surface area contributed by atoms with E-state index in [1.54, 1.807) is 0 Å². The Kier molecular flexibility index (Phi) is 11.9. The summed E-state index contributed by atoms with van der Waals surface area (Å²) in [7, 11) is 0. The zero-order valence-corrected chi connectivity index (χ0v) is 23.7. The number of carbonyl (C=O) groups is 3. The third-order valence-corrected chi connectivity index (χ3v) is 8.29. The minimum absolute atomic E-state index is 0.0407. The summed E-state index contributed by atoms with van der Waals surface area (Å²) in [5.41, 5.74) is 2.23. The third-order valence-electron chi connectivity index (χ3n) is 8.29. The minimum atomic E-state index is -0.636. The number of hydrogen-bond acceptors (Lipinski definition) is 4. The Morgan fingerprint density at radius 3 is 2.15 bits per heavy atom. The van der Waals surface area contributed by atoms with Crippen LogP contribution in [-0.4, -0.2) is 48.5 Å². The molecule has 0 aromatic heterocycles. The van der Waals surface area contributed by atoms with Crippen molar-refractivity contribution in [2.24, 2.45) is 11.8 Å². The lowest BCUT2D eigenvalue weighted by Crippen LogP contribution is -2.51. The van der Waals surface area contributed by atoms with E-state index in [1.807, 2.05) is 41.3 Å². The van der Waals surface area contributed by atoms with Gasteiger partial charge in [-0.05, 0) is 68.4 Å². The molecule has 0 radical (unpaired) electrons. The first-order valence-corrected chi connectivity index (χ1v) is 15.2. The van der Waals surface area contributed by atoms with Crippen LogP contribution in [0.1, 0.15) is 75.3 Å². The fourth-order valence-electron chi connectivity index (χ4n) is 5.88. The van der Waals surface area contributed by atoms with Crippen LogP contribution in [0, 0.1) is 11.8 Å². The molecule has 2 N–H and O–H groups in total. The van der Waals surface area contributed by atoms with Crippen LogP contribution in [0.2, 0.25) is 0 Å². The fraction of sp³-hybridized carbons (Fsp3) is 0.545. The number of alkyl carbamates (subject to hydrolysis) is 1. The van der Waals surface area contributed by atoms with E-state index in [9.17, 15) is 14.4 Å². The number of ether oxygens (including phenoxy) is 1. The summed E-state index contributed by atoms with van der Waals surface area (Å²) >= 11 is 0. The van der Waals surface area contributed by atoms with Gasteiger partial charge in [0.2, 0.25) is 11.8 Å². The average Bonchev–Trinajstić information content (AvgIpc) is 3.00. The second-order valence-corrected chi connectivity index (χ2v) is 11.3. The normalized spacial score (nSPS) is 17.1. The molecule has 1 saturated carbocycles. The van der Waals surface area contributed by atoms with Crippen LogP contribution in [0.15, 0.2) is 60.7 Å². The highest BCUT2D eigenvalue weighted by molar-refractivity contribution is 5.85. The molecule has 1 unspecified atom stereocenters. The number of rotatable bonds is 12. The molecule has 7 heteroatoms. The zero-order valence-electron chi connectivity index (χ0n) is 23.7. The number of hydrogen-bond donors (Lipinski definition) is 2. The van der Waals surface area contributed by atoms with Gasteiger partial charge in [0.15, 0.2) is 0 Å². The molecule has 4 rings (SSSR count). The lowest BCUT2D eigenvalue weighted by atomic mass is 9.88. The van der Waals surface area contributed by atoms with Crippen molar-refractivity contribution in [1.29, 1.82) is 0 Å². The molecule has 7 nitrogen and oxygen atoms in total. The Morgan fingerprint density at radius 2 is 1.48 bits per heavy atom. The van der Waals surface area contributed by atoms with Gasteiger partial charge in [-0.15, -0.1) is 0 Å². The maximum Gasteiger partial charge on any atom is 0.408 e. The van der Waals surface area contributed by atoms with Crippen molar-refractivity contribution >= 4 is 17.9 Å². The summed E-state index contributed by atoms with van der Waals surface area (Å²) in [6, 6.07) is 19.4. The van der Waals surface area contributed by atoms with E-state index < -0.39 is 12.1 Å². The van der Waals surface area contributed by atoms with Crippen LogP contribution in [0.4, 0.5) is 4.79 Å². The topological polar surface area (TPSA) is 87.7 Å². The van der Waals surface area contributed by atoms with Crippen LogP contribution in [0.5, 0.6) is 0 Å². The number of amides is 3. The van der Waals surface area contributed by atoms with Crippen molar-refractivity contribution in [3.63, 3.8) is 0 Å². The maximum absolute atomic E-state index is 13.5. The predicted octanol–water partition coefficient (Wildman–Crippen LogP) is 5.63. The van der Waals surface area contributed by atoms with Crippen molar-refractivity contribution in [3.8, 4) is 0 Å². The van der Waals surface area contributed by atoms with Gasteiger partial charge >= 0.3 is 6.09 Å². The second-order valence-electron chi connectivity index (χ2n) is 11.3. The van der Waals surface area contributed by atoms with Crippen molar-refractivity contribution in [1.82, 2.24) is 15.5 Å². The molecule has 1 atom stereocenters. The smallest absolute Gasteiger partial charge is 0.408 e. The van der Waals surface area contributed by atoms with Gasteiger partial charge in [0, 0.05) is 25.6 Å². The molecule has 2 aromatic carbocycles. The van der Waals surface area contributed by atoms with Gasteiger partial charge in [-0.3, -0.25) is 9.59 Å². The van der Waals surface area contributed by atoms with Crippen LogP contribution < -0.4 is 10.6 Å². The van der Waals surface area contributed by atoms with Gasteiger partial charge < -0.3 is 20.3 Å². The Bertz CT molecular complexity index is 1050. The number of nitrogens with zero attached hydrogens (tertiary/aromatic N) is 1. The van der Waals surface area contributed by atoms with Crippen molar-refractivity contribution in [2.75, 3.05) is 19.6 Å². The lowest BCUT2D eigenvalue weighted by Gasteiger charge is -2.34. The highest BCUT2D eigenvalue weighted by Crippen LogP contribution is 2.24. The highest BCUT2D eigenvalue weighted by atomic mass is 16.5. The summed E-state index contributed by atoms with van der Waals surface area (Å²) < 4.78 is 5.43. The van der Waals surface area contributed by atoms with Crippen molar-refractivity contribution in [3.05, 3.63) is 71.8 Å². The van der Waals surface area contributed by atoms with Crippen LogP contribution in [-0.2, 0) is 27.4 Å². The first-order valence-electron chi connectivity index (χ1n) is 15.2. The highest BCUT2D eigenvalue weighted by Gasteiger charge is 2.29. The van der Waals surface area contributed by atoms with Gasteiger partial charge in [-0.2, -0.15) is 0 Å². The molecule has 1 heterocycles. The molecule has 1 aliphatic heterocycles. The second kappa shape index (κ2) is 16.0. The number of nitrogens with one attached hydrogen (secondary N) is 2. The van der Waals surface area contributed by atoms with Gasteiger partial charge in [0.05, 0.1) is 0 Å². The quantitative estimate of drug-likeness (QED) is 0.337. The zero-order chi connectivity index (χ0) is 28.0. The Hall–Kier alpha value is -3.35. The number of piperidine rings is 1. The van der Waals surface area contributed by atoms with E-state index in [-0.39, 0.29) is 24.3 Å². The predicted molar refractivity (Wildman–Crippen MR) is 156 cm³/mol. The van der Waals surface area contributed by atoms with Crippen molar-refractivity contribution in [2.45, 2.75) is 83.3 Å². The van der Waals surface area contributed by atoms with E-state index >= 15 is 0 Å². The molecule has 1 aliphatic carbocycles. The Labute approximate surface area is 239 Å². The first kappa shape index (κ1) is 29.6. The average molecular weight is 548 g/mol. The van der Waals surface area contributed by atoms with Gasteiger partial charge in [0.1, 0.15) is 12.6 Å². The maximum atomic E-state index is 13.5. The van der Waals surface area contributed by atoms with Crippen LogP contribution in [0.25, 0.3) is 0 Å². The SMILES string of the molecule is O=C(NC(CCCCNC(=O)C1CCCCC1)C(=O)N1CCC(Cc2ccccc2)CC1)OCc1ccccc1.